The fourth-order valence-corrected chi connectivity index (χ4v) is 4.07. The van der Waals surface area contributed by atoms with Crippen LogP contribution < -0.4 is 4.74 Å². The number of nitriles is 1. The van der Waals surface area contributed by atoms with Gasteiger partial charge in [-0.3, -0.25) is 0 Å². The van der Waals surface area contributed by atoms with Gasteiger partial charge in [0.1, 0.15) is 11.9 Å². The van der Waals surface area contributed by atoms with Gasteiger partial charge in [0.2, 0.25) is 10.0 Å². The Labute approximate surface area is 126 Å². The van der Waals surface area contributed by atoms with Crippen molar-refractivity contribution in [2.75, 3.05) is 7.05 Å². The highest BCUT2D eigenvalue weighted by molar-refractivity contribution is 7.90. The third-order valence-corrected chi connectivity index (χ3v) is 6.35. The molecule has 21 heavy (non-hydrogen) atoms. The molecule has 1 aromatic rings. The third-order valence-electron chi connectivity index (χ3n) is 4.06. The number of hydrogen-bond acceptors (Lipinski definition) is 4. The second-order valence-corrected chi connectivity index (χ2v) is 7.47. The van der Waals surface area contributed by atoms with Crippen LogP contribution in [0, 0.1) is 11.3 Å². The van der Waals surface area contributed by atoms with Gasteiger partial charge in [0, 0.05) is 13.5 Å². The van der Waals surface area contributed by atoms with Crippen molar-refractivity contribution in [2.24, 2.45) is 0 Å². The Morgan fingerprint density at radius 1 is 1.48 bits per heavy atom. The van der Waals surface area contributed by atoms with Crippen LogP contribution in [0.25, 0.3) is 0 Å². The predicted molar refractivity (Wildman–Crippen MR) is 80.4 cm³/mol. The Morgan fingerprint density at radius 2 is 2.14 bits per heavy atom. The molecule has 0 radical (unpaired) electrons. The molecule has 0 spiro atoms. The van der Waals surface area contributed by atoms with Crippen LogP contribution in [-0.4, -0.2) is 37.2 Å². The minimum Gasteiger partial charge on any atom is -0.488 e. The summed E-state index contributed by atoms with van der Waals surface area (Å²) in [6.45, 7) is 3.52. The Kier molecular flexibility index (Phi) is 4.55. The predicted octanol–water partition coefficient (Wildman–Crippen LogP) is 1.94. The maximum Gasteiger partial charge on any atom is 0.230 e. The average molecular weight is 308 g/mol. The second-order valence-electron chi connectivity index (χ2n) is 5.30. The number of likely N-dealkylation sites (N-methyl/N-ethyl adjacent to an activating group) is 1. The van der Waals surface area contributed by atoms with Crippen molar-refractivity contribution in [2.45, 2.75) is 44.1 Å². The number of rotatable bonds is 5. The first kappa shape index (κ1) is 15.8. The van der Waals surface area contributed by atoms with Crippen molar-refractivity contribution in [3.8, 4) is 11.8 Å². The van der Waals surface area contributed by atoms with Crippen LogP contribution in [0.15, 0.2) is 24.3 Å². The molecule has 6 heteroatoms. The van der Waals surface area contributed by atoms with E-state index in [2.05, 4.69) is 0 Å². The molecule has 0 aliphatic carbocycles. The summed E-state index contributed by atoms with van der Waals surface area (Å²) in [5.74, 6) is 0.812. The lowest BCUT2D eigenvalue weighted by molar-refractivity contribution is 0.152. The molecule has 1 aliphatic heterocycles. The standard InChI is InChI=1S/C15H20N2O3S/c1-4-13(10-16)21(18,19)17(3)11(2)15-9-12-7-5-6-8-14(12)20-15/h5-8,11,13,15H,4,9H2,1-3H3/t11-,13+,15-/m0/s1. The molecule has 0 saturated carbocycles. The average Bonchev–Trinajstić information content (AvgIpc) is 2.90. The number of benzene rings is 1. The maximum atomic E-state index is 12.4. The SMILES string of the molecule is CC[C@H](C#N)S(=O)(=O)N(C)[C@@H](C)[C@@H]1Cc2ccccc2O1. The molecule has 0 amide bonds. The molecule has 0 aromatic heterocycles. The molecule has 0 bridgehead atoms. The summed E-state index contributed by atoms with van der Waals surface area (Å²) in [5.41, 5.74) is 1.09. The first-order valence-electron chi connectivity index (χ1n) is 7.02. The molecule has 3 atom stereocenters. The molecule has 114 valence electrons. The molecule has 0 unspecified atom stereocenters. The van der Waals surface area contributed by atoms with Gasteiger partial charge in [-0.1, -0.05) is 25.1 Å². The lowest BCUT2D eigenvalue weighted by Crippen LogP contribution is -2.47. The Morgan fingerprint density at radius 3 is 2.71 bits per heavy atom. The zero-order chi connectivity index (χ0) is 15.6. The van der Waals surface area contributed by atoms with E-state index in [1.165, 1.54) is 11.4 Å². The van der Waals surface area contributed by atoms with Crippen LogP contribution in [-0.2, 0) is 16.4 Å². The zero-order valence-electron chi connectivity index (χ0n) is 12.5. The van der Waals surface area contributed by atoms with E-state index in [0.717, 1.165) is 11.3 Å². The minimum absolute atomic E-state index is 0.224. The Balaban J connectivity index is 2.15. The smallest absolute Gasteiger partial charge is 0.230 e. The summed E-state index contributed by atoms with van der Waals surface area (Å²) in [5, 5.41) is 8.01. The largest absolute Gasteiger partial charge is 0.488 e. The van der Waals surface area contributed by atoms with E-state index in [0.29, 0.717) is 6.42 Å². The summed E-state index contributed by atoms with van der Waals surface area (Å²) in [6.07, 6.45) is 0.737. The van der Waals surface area contributed by atoms with E-state index >= 15 is 0 Å². The van der Waals surface area contributed by atoms with Crippen molar-refractivity contribution >= 4 is 10.0 Å². The highest BCUT2D eigenvalue weighted by Crippen LogP contribution is 2.31. The molecule has 0 fully saturated rings. The first-order valence-corrected chi connectivity index (χ1v) is 8.53. The fourth-order valence-electron chi connectivity index (χ4n) is 2.51. The van der Waals surface area contributed by atoms with Gasteiger partial charge >= 0.3 is 0 Å². The van der Waals surface area contributed by atoms with Crippen molar-refractivity contribution < 1.29 is 13.2 Å². The summed E-state index contributed by atoms with van der Waals surface area (Å²) in [4.78, 5) is 0. The van der Waals surface area contributed by atoms with E-state index < -0.39 is 15.3 Å². The molecular formula is C15H20N2O3S. The molecule has 0 N–H and O–H groups in total. The molecule has 1 heterocycles. The lowest BCUT2D eigenvalue weighted by atomic mass is 10.1. The number of hydrogen-bond donors (Lipinski definition) is 0. The van der Waals surface area contributed by atoms with Gasteiger partial charge in [0.15, 0.2) is 5.25 Å². The van der Waals surface area contributed by atoms with Crippen LogP contribution >= 0.6 is 0 Å². The molecule has 1 aliphatic rings. The van der Waals surface area contributed by atoms with Crippen molar-refractivity contribution in [3.63, 3.8) is 0 Å². The summed E-state index contributed by atoms with van der Waals surface area (Å²) in [7, 11) is -2.11. The Bertz CT molecular complexity index is 626. The third kappa shape index (κ3) is 2.89. The van der Waals surface area contributed by atoms with Gasteiger partial charge in [-0.05, 0) is 25.0 Å². The number of sulfonamides is 1. The van der Waals surface area contributed by atoms with Gasteiger partial charge in [-0.25, -0.2) is 8.42 Å². The van der Waals surface area contributed by atoms with E-state index in [4.69, 9.17) is 10.00 Å². The molecule has 0 saturated heterocycles. The zero-order valence-corrected chi connectivity index (χ0v) is 13.3. The highest BCUT2D eigenvalue weighted by atomic mass is 32.2. The van der Waals surface area contributed by atoms with Gasteiger partial charge < -0.3 is 4.74 Å². The fraction of sp³-hybridized carbons (Fsp3) is 0.533. The number of para-hydroxylation sites is 1. The van der Waals surface area contributed by atoms with Gasteiger partial charge in [0.05, 0.1) is 12.1 Å². The quantitative estimate of drug-likeness (QED) is 0.833. The highest BCUT2D eigenvalue weighted by Gasteiger charge is 2.37. The second kappa shape index (κ2) is 6.04. The topological polar surface area (TPSA) is 70.4 Å². The van der Waals surface area contributed by atoms with Crippen molar-refractivity contribution in [3.05, 3.63) is 29.8 Å². The van der Waals surface area contributed by atoms with Crippen molar-refractivity contribution in [1.82, 2.24) is 4.31 Å². The summed E-state index contributed by atoms with van der Waals surface area (Å²) in [6, 6.07) is 9.25. The molecule has 1 aromatic carbocycles. The van der Waals surface area contributed by atoms with Gasteiger partial charge in [-0.2, -0.15) is 9.57 Å². The van der Waals surface area contributed by atoms with Crippen LogP contribution in [0.3, 0.4) is 0 Å². The number of fused-ring (bicyclic) bond motifs is 1. The van der Waals surface area contributed by atoms with E-state index in [-0.39, 0.29) is 18.6 Å². The number of nitrogens with zero attached hydrogens (tertiary/aromatic N) is 2. The van der Waals surface area contributed by atoms with E-state index in [1.54, 1.807) is 6.92 Å². The van der Waals surface area contributed by atoms with Crippen molar-refractivity contribution in [1.29, 1.82) is 5.26 Å². The van der Waals surface area contributed by atoms with Crippen LogP contribution in [0.5, 0.6) is 5.75 Å². The van der Waals surface area contributed by atoms with Crippen LogP contribution in [0.1, 0.15) is 25.8 Å². The van der Waals surface area contributed by atoms with E-state index in [9.17, 15) is 8.42 Å². The normalized spacial score (nSPS) is 20.4. The molecule has 5 nitrogen and oxygen atoms in total. The first-order chi connectivity index (χ1) is 9.91. The lowest BCUT2D eigenvalue weighted by Gasteiger charge is -2.29. The van der Waals surface area contributed by atoms with Gasteiger partial charge in [-0.15, -0.1) is 0 Å². The summed E-state index contributed by atoms with van der Waals surface area (Å²) < 4.78 is 31.9. The Hall–Kier alpha value is -1.58. The summed E-state index contributed by atoms with van der Waals surface area (Å²) >= 11 is 0. The molecular weight excluding hydrogens is 288 g/mol. The van der Waals surface area contributed by atoms with Gasteiger partial charge in [0.25, 0.3) is 0 Å². The number of ether oxygens (including phenoxy) is 1. The van der Waals surface area contributed by atoms with E-state index in [1.807, 2.05) is 37.3 Å². The minimum atomic E-state index is -3.63. The maximum absolute atomic E-state index is 12.4. The van der Waals surface area contributed by atoms with Crippen LogP contribution in [0.4, 0.5) is 0 Å². The molecule has 2 rings (SSSR count). The monoisotopic (exact) mass is 308 g/mol. The van der Waals surface area contributed by atoms with Crippen LogP contribution in [0.2, 0.25) is 0 Å².